The highest BCUT2D eigenvalue weighted by Crippen LogP contribution is 2.17. The molecular formula is C14H20N2O2. The van der Waals surface area contributed by atoms with Gasteiger partial charge in [-0.15, -0.1) is 0 Å². The van der Waals surface area contributed by atoms with Gasteiger partial charge in [0.15, 0.2) is 0 Å². The van der Waals surface area contributed by atoms with Crippen LogP contribution in [0.5, 0.6) is 0 Å². The van der Waals surface area contributed by atoms with E-state index in [-0.39, 0.29) is 12.0 Å². The molecule has 1 aliphatic rings. The van der Waals surface area contributed by atoms with E-state index in [0.29, 0.717) is 13.0 Å². The molecule has 1 fully saturated rings. The molecule has 1 unspecified atom stereocenters. The molecule has 1 amide bonds. The van der Waals surface area contributed by atoms with Crippen LogP contribution in [0.2, 0.25) is 0 Å². The van der Waals surface area contributed by atoms with E-state index in [4.69, 9.17) is 10.5 Å². The number of benzene rings is 1. The lowest BCUT2D eigenvalue weighted by atomic mass is 10.1. The molecular weight excluding hydrogens is 228 g/mol. The van der Waals surface area contributed by atoms with Crippen LogP contribution in [0.15, 0.2) is 24.3 Å². The number of hydrogen-bond acceptors (Lipinski definition) is 3. The Bertz CT molecular complexity index is 414. The first kappa shape index (κ1) is 12.9. The van der Waals surface area contributed by atoms with Gasteiger partial charge in [-0.05, 0) is 30.5 Å². The molecule has 0 spiro atoms. The van der Waals surface area contributed by atoms with Gasteiger partial charge in [0.2, 0.25) is 5.91 Å². The summed E-state index contributed by atoms with van der Waals surface area (Å²) in [5.41, 5.74) is 7.50. The van der Waals surface area contributed by atoms with Crippen molar-refractivity contribution in [1.82, 2.24) is 4.90 Å². The first-order chi connectivity index (χ1) is 8.65. The standard InChI is InChI=1S/C14H20N2O2/c1-16(10-11-4-2-5-12(15)8-11)14(17)9-13-6-3-7-18-13/h2,4-5,8,13H,3,6-7,9-10,15H2,1H3. The van der Waals surface area contributed by atoms with Crippen molar-refractivity contribution in [2.24, 2.45) is 0 Å². The number of anilines is 1. The molecule has 1 heterocycles. The molecule has 18 heavy (non-hydrogen) atoms. The van der Waals surface area contributed by atoms with Gasteiger partial charge in [0.1, 0.15) is 0 Å². The van der Waals surface area contributed by atoms with E-state index in [2.05, 4.69) is 0 Å². The molecule has 0 aliphatic carbocycles. The lowest BCUT2D eigenvalue weighted by Crippen LogP contribution is -2.29. The third-order valence-electron chi connectivity index (χ3n) is 3.22. The maximum absolute atomic E-state index is 12.0. The third-order valence-corrected chi connectivity index (χ3v) is 3.22. The Hall–Kier alpha value is -1.55. The maximum atomic E-state index is 12.0. The zero-order valence-corrected chi connectivity index (χ0v) is 10.8. The third kappa shape index (κ3) is 3.47. The molecule has 1 atom stereocenters. The predicted octanol–water partition coefficient (Wildman–Crippen LogP) is 1.80. The average Bonchev–Trinajstić information content (AvgIpc) is 2.81. The SMILES string of the molecule is CN(Cc1cccc(N)c1)C(=O)CC1CCCO1. The molecule has 0 radical (unpaired) electrons. The quantitative estimate of drug-likeness (QED) is 0.827. The van der Waals surface area contributed by atoms with Crippen molar-refractivity contribution in [2.45, 2.75) is 31.9 Å². The number of nitrogens with zero attached hydrogens (tertiary/aromatic N) is 1. The summed E-state index contributed by atoms with van der Waals surface area (Å²) >= 11 is 0. The predicted molar refractivity (Wildman–Crippen MR) is 70.9 cm³/mol. The Morgan fingerprint density at radius 1 is 1.56 bits per heavy atom. The van der Waals surface area contributed by atoms with Gasteiger partial charge in [0.25, 0.3) is 0 Å². The Labute approximate surface area is 108 Å². The Morgan fingerprint density at radius 2 is 2.39 bits per heavy atom. The topological polar surface area (TPSA) is 55.6 Å². The van der Waals surface area contributed by atoms with Gasteiger partial charge >= 0.3 is 0 Å². The summed E-state index contributed by atoms with van der Waals surface area (Å²) in [6.45, 7) is 1.38. The average molecular weight is 248 g/mol. The molecule has 1 saturated heterocycles. The van der Waals surface area contributed by atoms with Gasteiger partial charge in [0.05, 0.1) is 12.5 Å². The van der Waals surface area contributed by atoms with Crippen molar-refractivity contribution < 1.29 is 9.53 Å². The summed E-state index contributed by atoms with van der Waals surface area (Å²) in [6, 6.07) is 7.63. The number of carbonyl (C=O) groups excluding carboxylic acids is 1. The summed E-state index contributed by atoms with van der Waals surface area (Å²) in [5.74, 6) is 0.129. The molecule has 0 bridgehead atoms. The number of nitrogens with two attached hydrogens (primary N) is 1. The summed E-state index contributed by atoms with van der Waals surface area (Å²) in [7, 11) is 1.82. The fourth-order valence-corrected chi connectivity index (χ4v) is 2.21. The second-order valence-corrected chi connectivity index (χ2v) is 4.83. The fraction of sp³-hybridized carbons (Fsp3) is 0.500. The fourth-order valence-electron chi connectivity index (χ4n) is 2.21. The highest BCUT2D eigenvalue weighted by molar-refractivity contribution is 5.76. The minimum Gasteiger partial charge on any atom is -0.399 e. The molecule has 4 nitrogen and oxygen atoms in total. The Kier molecular flexibility index (Phi) is 4.20. The van der Waals surface area contributed by atoms with E-state index in [1.54, 1.807) is 4.90 Å². The molecule has 1 aromatic carbocycles. The van der Waals surface area contributed by atoms with Crippen LogP contribution >= 0.6 is 0 Å². The van der Waals surface area contributed by atoms with E-state index in [9.17, 15) is 4.79 Å². The first-order valence-corrected chi connectivity index (χ1v) is 6.35. The zero-order valence-electron chi connectivity index (χ0n) is 10.8. The number of carbonyl (C=O) groups is 1. The van der Waals surface area contributed by atoms with E-state index < -0.39 is 0 Å². The largest absolute Gasteiger partial charge is 0.399 e. The van der Waals surface area contributed by atoms with Gasteiger partial charge in [-0.1, -0.05) is 12.1 Å². The summed E-state index contributed by atoms with van der Waals surface area (Å²) < 4.78 is 5.48. The number of amides is 1. The number of hydrogen-bond donors (Lipinski definition) is 1. The van der Waals surface area contributed by atoms with Gasteiger partial charge < -0.3 is 15.4 Å². The molecule has 4 heteroatoms. The van der Waals surface area contributed by atoms with Gasteiger partial charge in [0, 0.05) is 25.9 Å². The molecule has 0 saturated carbocycles. The second kappa shape index (κ2) is 5.87. The normalized spacial score (nSPS) is 18.8. The van der Waals surface area contributed by atoms with Crippen LogP contribution in [-0.2, 0) is 16.1 Å². The molecule has 98 valence electrons. The van der Waals surface area contributed by atoms with Crippen LogP contribution in [0.1, 0.15) is 24.8 Å². The molecule has 0 aromatic heterocycles. The summed E-state index contributed by atoms with van der Waals surface area (Å²) in [5, 5.41) is 0. The summed E-state index contributed by atoms with van der Waals surface area (Å²) in [6.07, 6.45) is 2.66. The van der Waals surface area contributed by atoms with Crippen LogP contribution in [0.4, 0.5) is 5.69 Å². The van der Waals surface area contributed by atoms with Crippen LogP contribution in [-0.4, -0.2) is 30.6 Å². The molecule has 1 aromatic rings. The number of nitrogen functional groups attached to an aromatic ring is 1. The van der Waals surface area contributed by atoms with Crippen molar-refractivity contribution >= 4 is 11.6 Å². The van der Waals surface area contributed by atoms with Crippen molar-refractivity contribution in [3.05, 3.63) is 29.8 Å². The van der Waals surface area contributed by atoms with E-state index in [1.807, 2.05) is 31.3 Å². The smallest absolute Gasteiger partial charge is 0.225 e. The van der Waals surface area contributed by atoms with E-state index >= 15 is 0 Å². The molecule has 2 rings (SSSR count). The van der Waals surface area contributed by atoms with Crippen molar-refractivity contribution in [1.29, 1.82) is 0 Å². The molecule has 2 N–H and O–H groups in total. The van der Waals surface area contributed by atoms with Crippen molar-refractivity contribution in [2.75, 3.05) is 19.4 Å². The van der Waals surface area contributed by atoms with Gasteiger partial charge in [-0.3, -0.25) is 4.79 Å². The monoisotopic (exact) mass is 248 g/mol. The van der Waals surface area contributed by atoms with Crippen LogP contribution in [0.25, 0.3) is 0 Å². The number of ether oxygens (including phenoxy) is 1. The van der Waals surface area contributed by atoms with Gasteiger partial charge in [-0.2, -0.15) is 0 Å². The number of rotatable bonds is 4. The summed E-state index contributed by atoms with van der Waals surface area (Å²) in [4.78, 5) is 13.7. The Morgan fingerprint density at radius 3 is 3.06 bits per heavy atom. The minimum atomic E-state index is 0.112. The molecule has 1 aliphatic heterocycles. The zero-order chi connectivity index (χ0) is 13.0. The first-order valence-electron chi connectivity index (χ1n) is 6.35. The Balaban J connectivity index is 1.86. The second-order valence-electron chi connectivity index (χ2n) is 4.83. The van der Waals surface area contributed by atoms with Crippen molar-refractivity contribution in [3.63, 3.8) is 0 Å². The lowest BCUT2D eigenvalue weighted by molar-refractivity contribution is -0.132. The van der Waals surface area contributed by atoms with Crippen LogP contribution in [0, 0.1) is 0 Å². The van der Waals surface area contributed by atoms with Gasteiger partial charge in [-0.25, -0.2) is 0 Å². The highest BCUT2D eigenvalue weighted by Gasteiger charge is 2.21. The van der Waals surface area contributed by atoms with Crippen LogP contribution in [0.3, 0.4) is 0 Å². The van der Waals surface area contributed by atoms with Crippen molar-refractivity contribution in [3.8, 4) is 0 Å². The lowest BCUT2D eigenvalue weighted by Gasteiger charge is -2.19. The maximum Gasteiger partial charge on any atom is 0.225 e. The van der Waals surface area contributed by atoms with E-state index in [0.717, 1.165) is 30.7 Å². The van der Waals surface area contributed by atoms with Crippen LogP contribution < -0.4 is 5.73 Å². The minimum absolute atomic E-state index is 0.112. The highest BCUT2D eigenvalue weighted by atomic mass is 16.5. The van der Waals surface area contributed by atoms with E-state index in [1.165, 1.54) is 0 Å².